The third-order valence-electron chi connectivity index (χ3n) is 5.19. The van der Waals surface area contributed by atoms with Crippen LogP contribution in [0.2, 0.25) is 0 Å². The quantitative estimate of drug-likeness (QED) is 0.217. The largest absolute Gasteiger partial charge is 0.417 e. The molecule has 0 spiro atoms. The van der Waals surface area contributed by atoms with Gasteiger partial charge in [-0.1, -0.05) is 55.5 Å². The van der Waals surface area contributed by atoms with E-state index < -0.39 is 17.8 Å². The Morgan fingerprint density at radius 2 is 2.06 bits per heavy atom. The molecular formula is C24H32F3N5O. The van der Waals surface area contributed by atoms with E-state index in [4.69, 9.17) is 15.6 Å². The molecule has 1 heterocycles. The predicted molar refractivity (Wildman–Crippen MR) is 125 cm³/mol. The number of allylic oxidation sites excluding steroid dienone is 3. The second kappa shape index (κ2) is 13.0. The molecule has 2 rings (SSSR count). The maximum Gasteiger partial charge on any atom is 0.417 e. The molecule has 1 saturated heterocycles. The van der Waals surface area contributed by atoms with Crippen molar-refractivity contribution in [1.29, 1.82) is 10.8 Å². The number of halogens is 3. The number of nitrogens with one attached hydrogen (secondary N) is 4. The van der Waals surface area contributed by atoms with E-state index in [9.17, 15) is 13.2 Å². The number of benzene rings is 1. The van der Waals surface area contributed by atoms with E-state index >= 15 is 0 Å². The van der Waals surface area contributed by atoms with Gasteiger partial charge in [0.05, 0.1) is 25.1 Å². The zero-order chi connectivity index (χ0) is 24.3. The third kappa shape index (κ3) is 8.51. The molecule has 1 aromatic rings. The number of alkyl halides is 3. The monoisotopic (exact) mass is 463 g/mol. The van der Waals surface area contributed by atoms with Gasteiger partial charge in [0.15, 0.2) is 0 Å². The molecule has 0 bridgehead atoms. The van der Waals surface area contributed by atoms with Crippen molar-refractivity contribution < 1.29 is 17.9 Å². The van der Waals surface area contributed by atoms with Gasteiger partial charge in [0, 0.05) is 17.9 Å². The Balaban J connectivity index is 2.19. The molecule has 1 fully saturated rings. The van der Waals surface area contributed by atoms with Gasteiger partial charge >= 0.3 is 6.18 Å². The lowest BCUT2D eigenvalue weighted by atomic mass is 10.0. The SMILES string of the molecule is C=C(N[C@H](COCc1ccccc1)C(=N)N(C=N)/C=C(\C=C/C)C(F)(F)F)C1CCCCN1. The molecular weight excluding hydrogens is 431 g/mol. The molecule has 9 heteroatoms. The predicted octanol–water partition coefficient (Wildman–Crippen LogP) is 4.73. The van der Waals surface area contributed by atoms with Crippen LogP contribution in [-0.2, 0) is 11.3 Å². The summed E-state index contributed by atoms with van der Waals surface area (Å²) < 4.78 is 45.9. The number of hydrogen-bond donors (Lipinski definition) is 4. The molecule has 0 amide bonds. The summed E-state index contributed by atoms with van der Waals surface area (Å²) in [5, 5.41) is 22.7. The molecule has 0 aromatic heterocycles. The summed E-state index contributed by atoms with van der Waals surface area (Å²) in [5.41, 5.74) is 0.618. The summed E-state index contributed by atoms with van der Waals surface area (Å²) >= 11 is 0. The van der Waals surface area contributed by atoms with Gasteiger partial charge in [0.2, 0.25) is 0 Å². The lowest BCUT2D eigenvalue weighted by Gasteiger charge is -2.31. The molecule has 1 unspecified atom stereocenters. The first-order chi connectivity index (χ1) is 15.8. The summed E-state index contributed by atoms with van der Waals surface area (Å²) in [6.07, 6.45) is 1.97. The summed E-state index contributed by atoms with van der Waals surface area (Å²) in [6, 6.07) is 8.66. The van der Waals surface area contributed by atoms with Gasteiger partial charge in [0.25, 0.3) is 0 Å². The average molecular weight is 464 g/mol. The van der Waals surface area contributed by atoms with Crippen LogP contribution in [-0.4, -0.2) is 48.5 Å². The van der Waals surface area contributed by atoms with E-state index in [0.29, 0.717) is 12.0 Å². The first-order valence-corrected chi connectivity index (χ1v) is 10.9. The fourth-order valence-corrected chi connectivity index (χ4v) is 3.43. The first kappa shape index (κ1) is 26.3. The van der Waals surface area contributed by atoms with Gasteiger partial charge in [0.1, 0.15) is 11.9 Å². The minimum Gasteiger partial charge on any atom is -0.376 e. The number of rotatable bonds is 11. The number of ether oxygens (including phenoxy) is 1. The highest BCUT2D eigenvalue weighted by molar-refractivity contribution is 5.94. The van der Waals surface area contributed by atoms with Gasteiger partial charge in [-0.25, -0.2) is 0 Å². The van der Waals surface area contributed by atoms with Gasteiger partial charge in [-0.05, 0) is 31.9 Å². The highest BCUT2D eigenvalue weighted by Crippen LogP contribution is 2.27. The van der Waals surface area contributed by atoms with Crippen molar-refractivity contribution in [1.82, 2.24) is 15.5 Å². The van der Waals surface area contributed by atoms with E-state index in [1.165, 1.54) is 13.0 Å². The molecule has 1 aliphatic heterocycles. The summed E-state index contributed by atoms with van der Waals surface area (Å²) in [6.45, 7) is 6.70. The Labute approximate surface area is 193 Å². The summed E-state index contributed by atoms with van der Waals surface area (Å²) in [5.74, 6) is -0.249. The molecule has 4 N–H and O–H groups in total. The van der Waals surface area contributed by atoms with Gasteiger partial charge in [-0.2, -0.15) is 13.2 Å². The number of hydrogen-bond acceptors (Lipinski definition) is 5. The van der Waals surface area contributed by atoms with Crippen LogP contribution in [0.5, 0.6) is 0 Å². The molecule has 0 saturated carbocycles. The molecule has 1 aromatic carbocycles. The van der Waals surface area contributed by atoms with E-state index in [0.717, 1.165) is 48.5 Å². The average Bonchev–Trinajstić information content (AvgIpc) is 2.81. The van der Waals surface area contributed by atoms with Gasteiger partial charge in [-0.3, -0.25) is 15.7 Å². The van der Waals surface area contributed by atoms with E-state index in [2.05, 4.69) is 17.2 Å². The molecule has 0 radical (unpaired) electrons. The standard InChI is InChI=1S/C24H32F3N5O/c1-3-9-20(24(25,26)27)14-32(17-28)23(29)22(16-33-15-19-10-5-4-6-11-19)31-18(2)21-12-7-8-13-30-21/h3-6,9-11,14,17,21-22,28-31H,2,7-8,12-13,15-16H2,1H3/b9-3-,20-14+,28-17?,29-23?/t21?,22-/m1/s1. The normalized spacial score (nSPS) is 18.1. The van der Waals surface area contributed by atoms with Crippen LogP contribution >= 0.6 is 0 Å². The van der Waals surface area contributed by atoms with Crippen LogP contribution in [0.4, 0.5) is 13.2 Å². The van der Waals surface area contributed by atoms with Crippen LogP contribution in [0.3, 0.4) is 0 Å². The number of piperidine rings is 1. The van der Waals surface area contributed by atoms with Crippen molar-refractivity contribution in [3.05, 3.63) is 72.1 Å². The third-order valence-corrected chi connectivity index (χ3v) is 5.19. The Bertz CT molecular complexity index is 845. The maximum atomic E-state index is 13.4. The first-order valence-electron chi connectivity index (χ1n) is 10.9. The zero-order valence-corrected chi connectivity index (χ0v) is 18.8. The van der Waals surface area contributed by atoms with Crippen molar-refractivity contribution in [3.63, 3.8) is 0 Å². The van der Waals surface area contributed by atoms with E-state index in [1.54, 1.807) is 0 Å². The molecule has 180 valence electrons. The molecule has 1 aliphatic rings. The van der Waals surface area contributed by atoms with Crippen molar-refractivity contribution in [2.45, 2.75) is 51.1 Å². The molecule has 0 aliphatic carbocycles. The Hall–Kier alpha value is -2.91. The second-order valence-corrected chi connectivity index (χ2v) is 7.73. The summed E-state index contributed by atoms with van der Waals surface area (Å²) in [7, 11) is 0. The van der Waals surface area contributed by atoms with E-state index in [1.807, 2.05) is 30.3 Å². The van der Waals surface area contributed by atoms with Crippen LogP contribution in [0.15, 0.2) is 66.5 Å². The highest BCUT2D eigenvalue weighted by Gasteiger charge is 2.33. The lowest BCUT2D eigenvalue weighted by molar-refractivity contribution is -0.0887. The Morgan fingerprint density at radius 1 is 1.33 bits per heavy atom. The van der Waals surface area contributed by atoms with Gasteiger partial charge < -0.3 is 15.4 Å². The maximum absolute atomic E-state index is 13.4. The van der Waals surface area contributed by atoms with Crippen LogP contribution in [0.25, 0.3) is 0 Å². The van der Waals surface area contributed by atoms with Crippen LogP contribution < -0.4 is 10.6 Å². The fraction of sp³-hybridized carbons (Fsp3) is 0.417. The van der Waals surface area contributed by atoms with Gasteiger partial charge in [-0.15, -0.1) is 0 Å². The highest BCUT2D eigenvalue weighted by atomic mass is 19.4. The van der Waals surface area contributed by atoms with Crippen molar-refractivity contribution in [2.24, 2.45) is 0 Å². The van der Waals surface area contributed by atoms with Crippen molar-refractivity contribution in [3.8, 4) is 0 Å². The van der Waals surface area contributed by atoms with Crippen LogP contribution in [0.1, 0.15) is 31.7 Å². The molecule has 33 heavy (non-hydrogen) atoms. The Morgan fingerprint density at radius 3 is 2.64 bits per heavy atom. The molecule has 2 atom stereocenters. The Kier molecular flexibility index (Phi) is 10.3. The van der Waals surface area contributed by atoms with Crippen LogP contribution in [0, 0.1) is 10.8 Å². The second-order valence-electron chi connectivity index (χ2n) is 7.73. The van der Waals surface area contributed by atoms with Crippen molar-refractivity contribution >= 4 is 12.2 Å². The smallest absolute Gasteiger partial charge is 0.376 e. The minimum absolute atomic E-state index is 0.000840. The summed E-state index contributed by atoms with van der Waals surface area (Å²) in [4.78, 5) is 0.841. The van der Waals surface area contributed by atoms with E-state index in [-0.39, 0.29) is 25.1 Å². The minimum atomic E-state index is -4.61. The molecule has 6 nitrogen and oxygen atoms in total. The fourth-order valence-electron chi connectivity index (χ4n) is 3.43. The number of nitrogens with zero attached hydrogens (tertiary/aromatic N) is 1. The lowest BCUT2D eigenvalue weighted by Crippen LogP contribution is -2.50. The number of amidine groups is 1. The zero-order valence-electron chi connectivity index (χ0n) is 18.8. The topological polar surface area (TPSA) is 84.2 Å². The van der Waals surface area contributed by atoms with Crippen molar-refractivity contribution in [2.75, 3.05) is 13.2 Å².